The van der Waals surface area contributed by atoms with Crippen molar-refractivity contribution in [2.45, 2.75) is 17.7 Å². The van der Waals surface area contributed by atoms with Gasteiger partial charge in [-0.1, -0.05) is 15.9 Å². The Kier molecular flexibility index (Phi) is 4.53. The first-order chi connectivity index (χ1) is 8.58. The van der Waals surface area contributed by atoms with E-state index in [0.717, 1.165) is 0 Å². The molecule has 4 nitrogen and oxygen atoms in total. The van der Waals surface area contributed by atoms with Gasteiger partial charge in [0.05, 0.1) is 27.9 Å². The van der Waals surface area contributed by atoms with Crippen LogP contribution in [0.3, 0.4) is 0 Å². The van der Waals surface area contributed by atoms with Gasteiger partial charge in [-0.3, -0.25) is 4.21 Å². The summed E-state index contributed by atoms with van der Waals surface area (Å²) in [6.07, 6.45) is 2.34. The van der Waals surface area contributed by atoms with Crippen molar-refractivity contribution < 1.29 is 18.8 Å². The van der Waals surface area contributed by atoms with Crippen LogP contribution < -0.4 is 0 Å². The van der Waals surface area contributed by atoms with Crippen LogP contribution in [0.1, 0.15) is 23.2 Å². The quantitative estimate of drug-likeness (QED) is 0.869. The molecule has 1 aromatic carbocycles. The lowest BCUT2D eigenvalue weighted by Crippen LogP contribution is -2.10. The summed E-state index contributed by atoms with van der Waals surface area (Å²) in [6, 6.07) is 4.63. The summed E-state index contributed by atoms with van der Waals surface area (Å²) in [4.78, 5) is 11.3. The maximum atomic E-state index is 12.0. The van der Waals surface area contributed by atoms with Crippen LogP contribution in [-0.2, 0) is 15.5 Å². The Morgan fingerprint density at radius 3 is 2.83 bits per heavy atom. The lowest BCUT2D eigenvalue weighted by molar-refractivity contribution is 0.0693. The second kappa shape index (κ2) is 5.95. The fraction of sp³-hybridized carbons (Fsp3) is 0.417. The molecule has 1 aliphatic carbocycles. The molecule has 0 bridgehead atoms. The van der Waals surface area contributed by atoms with Crippen LogP contribution in [0.15, 0.2) is 27.6 Å². The highest BCUT2D eigenvalue weighted by molar-refractivity contribution is 9.10. The molecule has 1 N–H and O–H groups in total. The number of benzene rings is 1. The number of ether oxygens (including phenoxy) is 1. The Hall–Kier alpha value is -0.720. The first kappa shape index (κ1) is 13.7. The molecule has 6 heteroatoms. The van der Waals surface area contributed by atoms with Crippen LogP contribution in [0, 0.1) is 5.92 Å². The number of carboxylic acid groups (broad SMARTS) is 1. The van der Waals surface area contributed by atoms with Crippen LogP contribution in [0.2, 0.25) is 0 Å². The molecule has 0 spiro atoms. The number of hydrogen-bond acceptors (Lipinski definition) is 3. The molecule has 1 fully saturated rings. The number of aromatic carboxylic acids is 1. The van der Waals surface area contributed by atoms with Crippen LogP contribution in [0.25, 0.3) is 0 Å². The summed E-state index contributed by atoms with van der Waals surface area (Å²) in [7, 11) is -1.45. The minimum Gasteiger partial charge on any atom is -0.478 e. The average Bonchev–Trinajstić information content (AvgIpc) is 3.12. The summed E-state index contributed by atoms with van der Waals surface area (Å²) < 4.78 is 18.1. The molecule has 2 rings (SSSR count). The number of carboxylic acids is 1. The van der Waals surface area contributed by atoms with Gasteiger partial charge in [-0.2, -0.15) is 0 Å². The van der Waals surface area contributed by atoms with Crippen molar-refractivity contribution >= 4 is 32.7 Å². The molecule has 1 aliphatic rings. The van der Waals surface area contributed by atoms with Gasteiger partial charge >= 0.3 is 5.97 Å². The molecule has 0 saturated heterocycles. The van der Waals surface area contributed by atoms with Crippen molar-refractivity contribution in [1.29, 1.82) is 0 Å². The van der Waals surface area contributed by atoms with E-state index in [1.807, 2.05) is 0 Å². The Balaban J connectivity index is 2.06. The van der Waals surface area contributed by atoms with E-state index < -0.39 is 16.8 Å². The predicted molar refractivity (Wildman–Crippen MR) is 71.1 cm³/mol. The normalized spacial score (nSPS) is 16.5. The summed E-state index contributed by atoms with van der Waals surface area (Å²) >= 11 is 3.25. The van der Waals surface area contributed by atoms with Crippen molar-refractivity contribution in [3.8, 4) is 0 Å². The summed E-state index contributed by atoms with van der Waals surface area (Å²) in [5, 5.41) is 9.04. The van der Waals surface area contributed by atoms with Crippen molar-refractivity contribution in [2.24, 2.45) is 5.92 Å². The Bertz CT molecular complexity index is 485. The van der Waals surface area contributed by atoms with Crippen molar-refractivity contribution in [3.63, 3.8) is 0 Å². The highest BCUT2D eigenvalue weighted by atomic mass is 79.9. The first-order valence-electron chi connectivity index (χ1n) is 5.57. The average molecular weight is 333 g/mol. The van der Waals surface area contributed by atoms with Crippen molar-refractivity contribution in [3.05, 3.63) is 28.2 Å². The second-order valence-corrected chi connectivity index (χ2v) is 6.51. The molecule has 1 saturated carbocycles. The minimum absolute atomic E-state index is 0.0488. The molecule has 1 atom stereocenters. The van der Waals surface area contributed by atoms with Gasteiger partial charge in [-0.15, -0.1) is 0 Å². The summed E-state index contributed by atoms with van der Waals surface area (Å²) in [5.74, 6) is -0.427. The summed E-state index contributed by atoms with van der Waals surface area (Å²) in [6.45, 7) is 0.613. The van der Waals surface area contributed by atoms with Gasteiger partial charge in [0.15, 0.2) is 0 Å². The fourth-order valence-corrected chi connectivity index (χ4v) is 3.05. The molecule has 0 heterocycles. The fourth-order valence-electron chi connectivity index (χ4n) is 1.50. The Morgan fingerprint density at radius 1 is 1.50 bits per heavy atom. The molecule has 98 valence electrons. The van der Waals surface area contributed by atoms with E-state index in [1.54, 1.807) is 12.1 Å². The Morgan fingerprint density at radius 2 is 2.22 bits per heavy atom. The zero-order valence-corrected chi connectivity index (χ0v) is 12.0. The van der Waals surface area contributed by atoms with Gasteiger partial charge in [0.2, 0.25) is 0 Å². The number of hydrogen-bond donors (Lipinski definition) is 1. The topological polar surface area (TPSA) is 63.6 Å². The third-order valence-corrected chi connectivity index (χ3v) is 4.36. The van der Waals surface area contributed by atoms with Gasteiger partial charge in [0, 0.05) is 4.47 Å². The monoisotopic (exact) mass is 332 g/mol. The lowest BCUT2D eigenvalue weighted by atomic mass is 10.2. The molecule has 1 aromatic rings. The van der Waals surface area contributed by atoms with Gasteiger partial charge < -0.3 is 9.84 Å². The molecular formula is C12H13BrO4S. The van der Waals surface area contributed by atoms with E-state index in [0.29, 0.717) is 21.9 Å². The van der Waals surface area contributed by atoms with E-state index >= 15 is 0 Å². The van der Waals surface area contributed by atoms with Gasteiger partial charge in [0.25, 0.3) is 0 Å². The van der Waals surface area contributed by atoms with Crippen LogP contribution in [0.5, 0.6) is 0 Å². The second-order valence-electron chi connectivity index (χ2n) is 4.22. The third-order valence-electron chi connectivity index (χ3n) is 2.66. The van der Waals surface area contributed by atoms with Gasteiger partial charge in [-0.25, -0.2) is 4.79 Å². The number of halogens is 1. The largest absolute Gasteiger partial charge is 0.478 e. The number of rotatable bonds is 6. The van der Waals surface area contributed by atoms with E-state index in [2.05, 4.69) is 15.9 Å². The molecule has 1 unspecified atom stereocenters. The zero-order valence-electron chi connectivity index (χ0n) is 9.60. The molecule has 0 radical (unpaired) electrons. The standard InChI is InChI=1S/C12H13BrO4S/c13-9-3-4-10(12(14)15)11(5-9)18(16)7-17-6-8-1-2-8/h3-5,8H,1-2,6-7H2,(H,14,15). The lowest BCUT2D eigenvalue weighted by Gasteiger charge is -2.07. The maximum absolute atomic E-state index is 12.0. The van der Waals surface area contributed by atoms with E-state index in [1.165, 1.54) is 18.9 Å². The van der Waals surface area contributed by atoms with Gasteiger partial charge in [-0.05, 0) is 37.0 Å². The number of carbonyl (C=O) groups is 1. The molecule has 18 heavy (non-hydrogen) atoms. The van der Waals surface area contributed by atoms with Crippen molar-refractivity contribution in [1.82, 2.24) is 0 Å². The molecule has 0 aliphatic heterocycles. The maximum Gasteiger partial charge on any atom is 0.336 e. The summed E-state index contributed by atoms with van der Waals surface area (Å²) in [5.41, 5.74) is 0.0616. The third kappa shape index (κ3) is 3.63. The Labute approximate surface area is 116 Å². The van der Waals surface area contributed by atoms with Crippen molar-refractivity contribution in [2.75, 3.05) is 12.5 Å². The molecule has 0 aromatic heterocycles. The minimum atomic E-state index is -1.45. The van der Waals surface area contributed by atoms with Gasteiger partial charge in [0.1, 0.15) is 5.94 Å². The van der Waals surface area contributed by atoms with Crippen LogP contribution in [-0.4, -0.2) is 27.8 Å². The highest BCUT2D eigenvalue weighted by Crippen LogP contribution is 2.29. The molecular weight excluding hydrogens is 320 g/mol. The van der Waals surface area contributed by atoms with E-state index in [4.69, 9.17) is 9.84 Å². The predicted octanol–water partition coefficient (Wildman–Crippen LogP) is 2.64. The van der Waals surface area contributed by atoms with E-state index in [9.17, 15) is 9.00 Å². The van der Waals surface area contributed by atoms with Crippen LogP contribution >= 0.6 is 15.9 Å². The van der Waals surface area contributed by atoms with Crippen LogP contribution in [0.4, 0.5) is 0 Å². The van der Waals surface area contributed by atoms with E-state index in [-0.39, 0.29) is 11.5 Å². The molecule has 0 amide bonds. The SMILES string of the molecule is O=C(O)c1ccc(Br)cc1S(=O)COCC1CC1. The zero-order chi connectivity index (χ0) is 13.1. The smallest absolute Gasteiger partial charge is 0.336 e. The first-order valence-corrected chi connectivity index (χ1v) is 7.68. The highest BCUT2D eigenvalue weighted by Gasteiger charge is 2.22.